The molecule has 0 N–H and O–H groups in total. The molecule has 82 valence electrons. The smallest absolute Gasteiger partial charge is 0.119 e. The fourth-order valence-electron chi connectivity index (χ4n) is 1.06. The Kier molecular flexibility index (Phi) is 4.91. The van der Waals surface area contributed by atoms with E-state index < -0.39 is 0 Å². The molecule has 1 aromatic carbocycles. The molecule has 0 amide bonds. The summed E-state index contributed by atoms with van der Waals surface area (Å²) in [7, 11) is 0. The zero-order valence-corrected chi connectivity index (χ0v) is 9.40. The summed E-state index contributed by atoms with van der Waals surface area (Å²) >= 11 is 0. The van der Waals surface area contributed by atoms with Crippen molar-refractivity contribution in [1.82, 2.24) is 0 Å². The molecule has 0 fully saturated rings. The molecular formula is C13H18O2. The average Bonchev–Trinajstić information content (AvgIpc) is 2.25. The summed E-state index contributed by atoms with van der Waals surface area (Å²) in [5, 5.41) is 0. The molecule has 1 atom stereocenters. The maximum Gasteiger partial charge on any atom is 0.119 e. The lowest BCUT2D eigenvalue weighted by Crippen LogP contribution is -2.18. The minimum absolute atomic E-state index is 0.0851. The van der Waals surface area contributed by atoms with Gasteiger partial charge >= 0.3 is 0 Å². The third-order valence-electron chi connectivity index (χ3n) is 1.84. The van der Waals surface area contributed by atoms with E-state index in [1.54, 1.807) is 0 Å². The summed E-state index contributed by atoms with van der Waals surface area (Å²) in [5.41, 5.74) is 1.03. The second kappa shape index (κ2) is 6.25. The van der Waals surface area contributed by atoms with Crippen LogP contribution in [0.15, 0.2) is 42.5 Å². The van der Waals surface area contributed by atoms with E-state index in [2.05, 4.69) is 6.58 Å². The number of para-hydroxylation sites is 1. The van der Waals surface area contributed by atoms with Gasteiger partial charge in [-0.2, -0.15) is 0 Å². The molecule has 0 bridgehead atoms. The van der Waals surface area contributed by atoms with Crippen LogP contribution in [0, 0.1) is 0 Å². The minimum Gasteiger partial charge on any atom is -0.491 e. The molecular weight excluding hydrogens is 188 g/mol. The Morgan fingerprint density at radius 2 is 2.00 bits per heavy atom. The summed E-state index contributed by atoms with van der Waals surface area (Å²) in [6.07, 6.45) is 0.0851. The van der Waals surface area contributed by atoms with Gasteiger partial charge in [0.05, 0.1) is 12.7 Å². The lowest BCUT2D eigenvalue weighted by Gasteiger charge is -2.14. The molecule has 0 aromatic heterocycles. The molecule has 0 radical (unpaired) electrons. The van der Waals surface area contributed by atoms with Gasteiger partial charge in [-0.1, -0.05) is 30.4 Å². The van der Waals surface area contributed by atoms with Gasteiger partial charge in [-0.05, 0) is 26.0 Å². The first-order chi connectivity index (χ1) is 7.18. The zero-order chi connectivity index (χ0) is 11.1. The summed E-state index contributed by atoms with van der Waals surface area (Å²) < 4.78 is 11.0. The van der Waals surface area contributed by atoms with Crippen molar-refractivity contribution in [3.63, 3.8) is 0 Å². The molecule has 0 spiro atoms. The summed E-state index contributed by atoms with van der Waals surface area (Å²) in [5.74, 6) is 0.878. The lowest BCUT2D eigenvalue weighted by molar-refractivity contribution is 0.0458. The number of hydrogen-bond acceptors (Lipinski definition) is 2. The fraction of sp³-hybridized carbons (Fsp3) is 0.385. The van der Waals surface area contributed by atoms with Crippen LogP contribution in [0.3, 0.4) is 0 Å². The Bertz CT molecular complexity index is 293. The van der Waals surface area contributed by atoms with E-state index in [1.807, 2.05) is 44.2 Å². The highest BCUT2D eigenvalue weighted by Crippen LogP contribution is 2.09. The van der Waals surface area contributed by atoms with Gasteiger partial charge in [0.25, 0.3) is 0 Å². The van der Waals surface area contributed by atoms with Crippen molar-refractivity contribution in [2.24, 2.45) is 0 Å². The highest BCUT2D eigenvalue weighted by Gasteiger charge is 2.02. The van der Waals surface area contributed by atoms with Gasteiger partial charge in [-0.25, -0.2) is 0 Å². The first-order valence-corrected chi connectivity index (χ1v) is 5.12. The fourth-order valence-corrected chi connectivity index (χ4v) is 1.06. The largest absolute Gasteiger partial charge is 0.491 e. The Morgan fingerprint density at radius 3 is 2.60 bits per heavy atom. The standard InChI is InChI=1S/C13H18O2/c1-11(2)9-14-12(3)10-15-13-7-5-4-6-8-13/h4-8,12H,1,9-10H2,2-3H3. The summed E-state index contributed by atoms with van der Waals surface area (Å²) in [4.78, 5) is 0. The van der Waals surface area contributed by atoms with Crippen LogP contribution < -0.4 is 4.74 Å². The van der Waals surface area contributed by atoms with Gasteiger partial charge in [0.15, 0.2) is 0 Å². The second-order valence-electron chi connectivity index (χ2n) is 3.70. The minimum atomic E-state index is 0.0851. The van der Waals surface area contributed by atoms with Gasteiger partial charge < -0.3 is 9.47 Å². The van der Waals surface area contributed by atoms with Crippen LogP contribution in [0.25, 0.3) is 0 Å². The number of benzene rings is 1. The monoisotopic (exact) mass is 206 g/mol. The summed E-state index contributed by atoms with van der Waals surface area (Å²) in [6.45, 7) is 8.88. The number of hydrogen-bond donors (Lipinski definition) is 0. The molecule has 1 rings (SSSR count). The quantitative estimate of drug-likeness (QED) is 0.666. The first-order valence-electron chi connectivity index (χ1n) is 5.12. The van der Waals surface area contributed by atoms with E-state index in [-0.39, 0.29) is 6.10 Å². The van der Waals surface area contributed by atoms with Crippen molar-refractivity contribution < 1.29 is 9.47 Å². The Morgan fingerprint density at radius 1 is 1.33 bits per heavy atom. The molecule has 0 saturated carbocycles. The van der Waals surface area contributed by atoms with Gasteiger partial charge in [0.2, 0.25) is 0 Å². The Hall–Kier alpha value is -1.28. The first kappa shape index (κ1) is 11.8. The molecule has 0 aliphatic rings. The molecule has 2 heteroatoms. The normalized spacial score (nSPS) is 12.1. The zero-order valence-electron chi connectivity index (χ0n) is 9.40. The average molecular weight is 206 g/mol. The number of ether oxygens (including phenoxy) is 2. The maximum atomic E-state index is 5.55. The van der Waals surface area contributed by atoms with Crippen molar-refractivity contribution in [3.8, 4) is 5.75 Å². The van der Waals surface area contributed by atoms with Crippen LogP contribution in [-0.2, 0) is 4.74 Å². The van der Waals surface area contributed by atoms with E-state index in [9.17, 15) is 0 Å². The van der Waals surface area contributed by atoms with E-state index in [4.69, 9.17) is 9.47 Å². The van der Waals surface area contributed by atoms with Crippen molar-refractivity contribution in [2.75, 3.05) is 13.2 Å². The van der Waals surface area contributed by atoms with E-state index in [0.717, 1.165) is 11.3 Å². The molecule has 2 nitrogen and oxygen atoms in total. The SMILES string of the molecule is C=C(C)COC(C)COc1ccccc1. The Labute approximate surface area is 91.5 Å². The van der Waals surface area contributed by atoms with E-state index >= 15 is 0 Å². The third-order valence-corrected chi connectivity index (χ3v) is 1.84. The summed E-state index contributed by atoms with van der Waals surface area (Å²) in [6, 6.07) is 9.74. The van der Waals surface area contributed by atoms with Crippen LogP contribution in [0.4, 0.5) is 0 Å². The van der Waals surface area contributed by atoms with Gasteiger partial charge in [-0.3, -0.25) is 0 Å². The van der Waals surface area contributed by atoms with Crippen molar-refractivity contribution in [1.29, 1.82) is 0 Å². The molecule has 0 heterocycles. The van der Waals surface area contributed by atoms with Gasteiger partial charge in [0.1, 0.15) is 12.4 Å². The van der Waals surface area contributed by atoms with Crippen LogP contribution in [-0.4, -0.2) is 19.3 Å². The molecule has 0 saturated heterocycles. The molecule has 0 aliphatic carbocycles. The molecule has 0 aliphatic heterocycles. The van der Waals surface area contributed by atoms with Crippen LogP contribution in [0.1, 0.15) is 13.8 Å². The maximum absolute atomic E-state index is 5.55. The van der Waals surface area contributed by atoms with Gasteiger partial charge in [0, 0.05) is 0 Å². The highest BCUT2D eigenvalue weighted by molar-refractivity contribution is 5.20. The topological polar surface area (TPSA) is 18.5 Å². The van der Waals surface area contributed by atoms with Crippen LogP contribution in [0.5, 0.6) is 5.75 Å². The molecule has 1 unspecified atom stereocenters. The number of rotatable bonds is 6. The van der Waals surface area contributed by atoms with Crippen LogP contribution >= 0.6 is 0 Å². The van der Waals surface area contributed by atoms with E-state index in [1.165, 1.54) is 0 Å². The predicted octanol–water partition coefficient (Wildman–Crippen LogP) is 3.05. The second-order valence-corrected chi connectivity index (χ2v) is 3.70. The van der Waals surface area contributed by atoms with Crippen LogP contribution in [0.2, 0.25) is 0 Å². The molecule has 1 aromatic rings. The molecule has 15 heavy (non-hydrogen) atoms. The van der Waals surface area contributed by atoms with Crippen molar-refractivity contribution in [2.45, 2.75) is 20.0 Å². The third kappa shape index (κ3) is 5.23. The van der Waals surface area contributed by atoms with Crippen molar-refractivity contribution in [3.05, 3.63) is 42.5 Å². The Balaban J connectivity index is 2.22. The highest BCUT2D eigenvalue weighted by atomic mass is 16.5. The van der Waals surface area contributed by atoms with E-state index in [0.29, 0.717) is 13.2 Å². The van der Waals surface area contributed by atoms with Crippen molar-refractivity contribution >= 4 is 0 Å². The lowest BCUT2D eigenvalue weighted by atomic mass is 10.3. The predicted molar refractivity (Wildman–Crippen MR) is 62.2 cm³/mol. The van der Waals surface area contributed by atoms with Gasteiger partial charge in [-0.15, -0.1) is 0 Å².